The molecule has 1 heterocycles. The Morgan fingerprint density at radius 2 is 2.05 bits per heavy atom. The van der Waals surface area contributed by atoms with Crippen LogP contribution in [-0.2, 0) is 13.7 Å². The average molecular weight is 327 g/mol. The van der Waals surface area contributed by atoms with Crippen molar-refractivity contribution in [2.45, 2.75) is 6.61 Å². The highest BCUT2D eigenvalue weighted by molar-refractivity contribution is 9.10. The molecule has 0 radical (unpaired) electrons. The molecule has 0 saturated heterocycles. The number of imidazole rings is 1. The first kappa shape index (κ1) is 13.9. The maximum absolute atomic E-state index is 9.27. The Labute approximate surface area is 119 Å². The van der Waals surface area contributed by atoms with Gasteiger partial charge in [-0.15, -0.1) is 0 Å². The molecule has 1 aromatic carbocycles. The van der Waals surface area contributed by atoms with Crippen LogP contribution in [0, 0.1) is 0 Å². The maximum atomic E-state index is 9.27. The summed E-state index contributed by atoms with van der Waals surface area (Å²) in [5.41, 5.74) is 1.40. The topological polar surface area (TPSA) is 56.5 Å². The summed E-state index contributed by atoms with van der Waals surface area (Å²) < 4.78 is 13.2. The first-order valence-electron chi connectivity index (χ1n) is 5.66. The highest BCUT2D eigenvalue weighted by Gasteiger charge is 2.17. The molecule has 1 aromatic heterocycles. The predicted octanol–water partition coefficient (Wildman–Crippen LogP) is 2.36. The minimum Gasteiger partial charge on any atom is -0.497 e. The van der Waals surface area contributed by atoms with Gasteiger partial charge in [-0.3, -0.25) is 0 Å². The molecule has 0 unspecified atom stereocenters. The van der Waals surface area contributed by atoms with Gasteiger partial charge in [0.2, 0.25) is 0 Å². The van der Waals surface area contributed by atoms with Crippen LogP contribution in [-0.4, -0.2) is 28.9 Å². The third kappa shape index (κ3) is 2.46. The van der Waals surface area contributed by atoms with E-state index in [2.05, 4.69) is 20.9 Å². The van der Waals surface area contributed by atoms with E-state index in [4.69, 9.17) is 9.47 Å². The number of rotatable bonds is 4. The fourth-order valence-electron chi connectivity index (χ4n) is 1.87. The Morgan fingerprint density at radius 1 is 1.32 bits per heavy atom. The number of halogens is 1. The van der Waals surface area contributed by atoms with Crippen LogP contribution in [0.2, 0.25) is 0 Å². The molecule has 2 aromatic rings. The van der Waals surface area contributed by atoms with E-state index < -0.39 is 0 Å². The summed E-state index contributed by atoms with van der Waals surface area (Å²) in [5, 5.41) is 9.27. The standard InChI is InChI=1S/C13H15BrN2O3/c1-16-12(14)10(7-17)15-13(16)9-6-8(18-2)4-5-11(9)19-3/h4-6,17H,7H2,1-3H3. The monoisotopic (exact) mass is 326 g/mol. The van der Waals surface area contributed by atoms with E-state index in [1.54, 1.807) is 14.2 Å². The van der Waals surface area contributed by atoms with Gasteiger partial charge in [0.25, 0.3) is 0 Å². The van der Waals surface area contributed by atoms with E-state index in [1.165, 1.54) is 0 Å². The average Bonchev–Trinajstić information content (AvgIpc) is 2.74. The second-order valence-electron chi connectivity index (χ2n) is 3.96. The Kier molecular flexibility index (Phi) is 4.11. The number of hydrogen-bond acceptors (Lipinski definition) is 4. The molecule has 102 valence electrons. The van der Waals surface area contributed by atoms with E-state index in [-0.39, 0.29) is 6.61 Å². The van der Waals surface area contributed by atoms with Crippen LogP contribution in [0.4, 0.5) is 0 Å². The van der Waals surface area contributed by atoms with E-state index in [1.807, 2.05) is 29.8 Å². The molecular formula is C13H15BrN2O3. The van der Waals surface area contributed by atoms with E-state index in [0.29, 0.717) is 17.3 Å². The van der Waals surface area contributed by atoms with Gasteiger partial charge < -0.3 is 19.1 Å². The minimum absolute atomic E-state index is 0.124. The zero-order chi connectivity index (χ0) is 14.0. The number of ether oxygens (including phenoxy) is 2. The number of nitrogens with zero attached hydrogens (tertiary/aromatic N) is 2. The van der Waals surface area contributed by atoms with Crippen LogP contribution in [0.3, 0.4) is 0 Å². The van der Waals surface area contributed by atoms with Crippen LogP contribution >= 0.6 is 15.9 Å². The maximum Gasteiger partial charge on any atom is 0.144 e. The number of methoxy groups -OCH3 is 2. The molecule has 6 heteroatoms. The van der Waals surface area contributed by atoms with Gasteiger partial charge in [0.1, 0.15) is 21.9 Å². The quantitative estimate of drug-likeness (QED) is 0.937. The molecule has 2 rings (SSSR count). The first-order chi connectivity index (χ1) is 9.12. The van der Waals surface area contributed by atoms with Crippen molar-refractivity contribution in [3.8, 4) is 22.9 Å². The highest BCUT2D eigenvalue weighted by Crippen LogP contribution is 2.34. The van der Waals surface area contributed by atoms with Gasteiger partial charge in [-0.1, -0.05) is 0 Å². The van der Waals surface area contributed by atoms with Crippen molar-refractivity contribution in [3.63, 3.8) is 0 Å². The molecule has 0 bridgehead atoms. The smallest absolute Gasteiger partial charge is 0.144 e. The van der Waals surface area contributed by atoms with E-state index >= 15 is 0 Å². The fraction of sp³-hybridized carbons (Fsp3) is 0.308. The molecule has 5 nitrogen and oxygen atoms in total. The Balaban J connectivity index is 2.63. The van der Waals surface area contributed by atoms with Crippen molar-refractivity contribution < 1.29 is 14.6 Å². The van der Waals surface area contributed by atoms with Crippen molar-refractivity contribution in [1.82, 2.24) is 9.55 Å². The number of hydrogen-bond donors (Lipinski definition) is 1. The summed E-state index contributed by atoms with van der Waals surface area (Å²) in [6.45, 7) is -0.124. The lowest BCUT2D eigenvalue weighted by atomic mass is 10.1. The van der Waals surface area contributed by atoms with Gasteiger partial charge in [0, 0.05) is 7.05 Å². The zero-order valence-corrected chi connectivity index (χ0v) is 12.6. The lowest BCUT2D eigenvalue weighted by Crippen LogP contribution is -1.96. The van der Waals surface area contributed by atoms with Crippen LogP contribution in [0.5, 0.6) is 11.5 Å². The first-order valence-corrected chi connectivity index (χ1v) is 6.46. The number of aliphatic hydroxyl groups is 1. The third-order valence-corrected chi connectivity index (χ3v) is 3.88. The van der Waals surface area contributed by atoms with Crippen molar-refractivity contribution >= 4 is 15.9 Å². The van der Waals surface area contributed by atoms with Crippen LogP contribution in [0.15, 0.2) is 22.8 Å². The third-order valence-electron chi connectivity index (χ3n) is 2.89. The summed E-state index contributed by atoms with van der Waals surface area (Å²) in [5.74, 6) is 2.12. The Hall–Kier alpha value is -1.53. The molecule has 0 amide bonds. The molecule has 0 aliphatic carbocycles. The molecule has 0 aliphatic heterocycles. The summed E-state index contributed by atoms with van der Waals surface area (Å²) in [6, 6.07) is 5.51. The van der Waals surface area contributed by atoms with Gasteiger partial charge in [0.15, 0.2) is 0 Å². The van der Waals surface area contributed by atoms with Gasteiger partial charge in [0.05, 0.1) is 32.1 Å². The largest absolute Gasteiger partial charge is 0.497 e. The lowest BCUT2D eigenvalue weighted by Gasteiger charge is -2.10. The fourth-order valence-corrected chi connectivity index (χ4v) is 2.25. The van der Waals surface area contributed by atoms with E-state index in [0.717, 1.165) is 15.9 Å². The second kappa shape index (κ2) is 5.63. The van der Waals surface area contributed by atoms with Gasteiger partial charge in [-0.05, 0) is 34.1 Å². The number of aromatic nitrogens is 2. The Morgan fingerprint density at radius 3 is 2.58 bits per heavy atom. The molecule has 19 heavy (non-hydrogen) atoms. The van der Waals surface area contributed by atoms with Crippen molar-refractivity contribution in [2.75, 3.05) is 14.2 Å². The zero-order valence-electron chi connectivity index (χ0n) is 11.0. The van der Waals surface area contributed by atoms with Crippen molar-refractivity contribution in [2.24, 2.45) is 7.05 Å². The van der Waals surface area contributed by atoms with E-state index in [9.17, 15) is 5.11 Å². The molecule has 0 saturated carbocycles. The molecular weight excluding hydrogens is 312 g/mol. The minimum atomic E-state index is -0.124. The normalized spacial score (nSPS) is 10.6. The molecule has 0 fully saturated rings. The van der Waals surface area contributed by atoms with Gasteiger partial charge in [-0.25, -0.2) is 4.98 Å². The van der Waals surface area contributed by atoms with Crippen LogP contribution < -0.4 is 9.47 Å². The molecule has 1 N–H and O–H groups in total. The van der Waals surface area contributed by atoms with Crippen molar-refractivity contribution in [3.05, 3.63) is 28.5 Å². The summed E-state index contributed by atoms with van der Waals surface area (Å²) >= 11 is 3.41. The summed E-state index contributed by atoms with van der Waals surface area (Å²) in [7, 11) is 5.08. The van der Waals surface area contributed by atoms with Crippen molar-refractivity contribution in [1.29, 1.82) is 0 Å². The number of aliphatic hydroxyl groups excluding tert-OH is 1. The number of benzene rings is 1. The summed E-state index contributed by atoms with van der Waals surface area (Å²) in [6.07, 6.45) is 0. The van der Waals surface area contributed by atoms with Gasteiger partial charge in [-0.2, -0.15) is 0 Å². The molecule has 0 atom stereocenters. The van der Waals surface area contributed by atoms with Crippen LogP contribution in [0.1, 0.15) is 5.69 Å². The second-order valence-corrected chi connectivity index (χ2v) is 4.71. The van der Waals surface area contributed by atoms with Gasteiger partial charge >= 0.3 is 0 Å². The SMILES string of the molecule is COc1ccc(OC)c(-c2nc(CO)c(Br)n2C)c1. The lowest BCUT2D eigenvalue weighted by molar-refractivity contribution is 0.276. The highest BCUT2D eigenvalue weighted by atomic mass is 79.9. The molecule has 0 spiro atoms. The predicted molar refractivity (Wildman–Crippen MR) is 75.4 cm³/mol. The Bertz CT molecular complexity index is 596. The van der Waals surface area contributed by atoms with Crippen LogP contribution in [0.25, 0.3) is 11.4 Å². The molecule has 0 aliphatic rings. The summed E-state index contributed by atoms with van der Waals surface area (Å²) in [4.78, 5) is 4.41.